The van der Waals surface area contributed by atoms with Crippen molar-refractivity contribution in [3.05, 3.63) is 63.6 Å². The summed E-state index contributed by atoms with van der Waals surface area (Å²) in [5.41, 5.74) is 0.385. The standard InChI is InChI=1S/C20H18BrF2NO2/c21-15-7-8-17(24-19(25)26-20(9-10-20)13-5-6-13)18(23)14(15)11-12-3-1-2-4-16(12)22/h1-4,7-8,13H,5-6,9-11H2,(H,24,25). The molecule has 2 aromatic rings. The predicted molar refractivity (Wildman–Crippen MR) is 98.1 cm³/mol. The van der Waals surface area contributed by atoms with Gasteiger partial charge in [0.15, 0.2) is 5.82 Å². The SMILES string of the molecule is O=C(Nc1ccc(Br)c(Cc2ccccc2F)c1F)OC1(C2CC2)CC1. The van der Waals surface area contributed by atoms with Gasteiger partial charge < -0.3 is 4.74 Å². The molecule has 2 aliphatic carbocycles. The molecule has 6 heteroatoms. The number of carbonyl (C=O) groups is 1. The zero-order valence-electron chi connectivity index (χ0n) is 14.0. The molecule has 2 aromatic carbocycles. The van der Waals surface area contributed by atoms with E-state index in [1.165, 1.54) is 12.1 Å². The van der Waals surface area contributed by atoms with Gasteiger partial charge in [-0.2, -0.15) is 0 Å². The number of carbonyl (C=O) groups excluding carboxylic acids is 1. The van der Waals surface area contributed by atoms with Gasteiger partial charge in [0.05, 0.1) is 5.69 Å². The first kappa shape index (κ1) is 17.5. The minimum atomic E-state index is -0.632. The summed E-state index contributed by atoms with van der Waals surface area (Å²) in [5.74, 6) is -0.521. The van der Waals surface area contributed by atoms with Crippen molar-refractivity contribution in [2.75, 3.05) is 5.32 Å². The third-order valence-corrected chi connectivity index (χ3v) is 5.85. The van der Waals surface area contributed by atoms with Crippen LogP contribution in [0.5, 0.6) is 0 Å². The third kappa shape index (κ3) is 3.47. The molecule has 4 rings (SSSR count). The van der Waals surface area contributed by atoms with E-state index in [0.717, 1.165) is 25.7 Å². The van der Waals surface area contributed by atoms with Gasteiger partial charge in [0.1, 0.15) is 11.4 Å². The molecule has 0 radical (unpaired) electrons. The first-order valence-electron chi connectivity index (χ1n) is 8.69. The normalized spacial score (nSPS) is 17.7. The lowest BCUT2D eigenvalue weighted by Crippen LogP contribution is -2.26. The smallest absolute Gasteiger partial charge is 0.412 e. The van der Waals surface area contributed by atoms with Gasteiger partial charge in [0.2, 0.25) is 0 Å². The minimum absolute atomic E-state index is 0.0381. The number of hydrogen-bond donors (Lipinski definition) is 1. The Morgan fingerprint density at radius 3 is 2.58 bits per heavy atom. The van der Waals surface area contributed by atoms with Crippen LogP contribution < -0.4 is 5.32 Å². The molecule has 1 N–H and O–H groups in total. The lowest BCUT2D eigenvalue weighted by molar-refractivity contribution is 0.0803. The summed E-state index contributed by atoms with van der Waals surface area (Å²) < 4.78 is 34.9. The van der Waals surface area contributed by atoms with E-state index in [2.05, 4.69) is 21.2 Å². The van der Waals surface area contributed by atoms with Gasteiger partial charge in [-0.05, 0) is 55.4 Å². The van der Waals surface area contributed by atoms with E-state index >= 15 is 0 Å². The molecule has 0 bridgehead atoms. The van der Waals surface area contributed by atoms with Crippen molar-refractivity contribution >= 4 is 27.7 Å². The second kappa shape index (κ2) is 6.65. The topological polar surface area (TPSA) is 38.3 Å². The molecule has 0 saturated heterocycles. The fourth-order valence-corrected chi connectivity index (χ4v) is 3.78. The molecule has 0 aromatic heterocycles. The second-order valence-corrected chi connectivity index (χ2v) is 7.86. The molecule has 1 amide bonds. The van der Waals surface area contributed by atoms with Crippen LogP contribution in [0.4, 0.5) is 19.3 Å². The Labute approximate surface area is 158 Å². The molecule has 26 heavy (non-hydrogen) atoms. The van der Waals surface area contributed by atoms with Gasteiger partial charge in [-0.15, -0.1) is 0 Å². The maximum absolute atomic E-state index is 14.9. The number of hydrogen-bond acceptors (Lipinski definition) is 2. The van der Waals surface area contributed by atoms with Gasteiger partial charge in [0.25, 0.3) is 0 Å². The molecule has 3 nitrogen and oxygen atoms in total. The highest BCUT2D eigenvalue weighted by molar-refractivity contribution is 9.10. The van der Waals surface area contributed by atoms with Gasteiger partial charge in [-0.25, -0.2) is 13.6 Å². The van der Waals surface area contributed by atoms with E-state index in [9.17, 15) is 13.6 Å². The van der Waals surface area contributed by atoms with Crippen LogP contribution in [0, 0.1) is 17.6 Å². The van der Waals surface area contributed by atoms with E-state index in [-0.39, 0.29) is 23.3 Å². The molecular formula is C20H18BrF2NO2. The van der Waals surface area contributed by atoms with Crippen LogP contribution in [0.3, 0.4) is 0 Å². The summed E-state index contributed by atoms with van der Waals surface area (Å²) in [6, 6.07) is 9.36. The Balaban J connectivity index is 1.52. The molecule has 2 saturated carbocycles. The van der Waals surface area contributed by atoms with Crippen LogP contribution in [0.25, 0.3) is 0 Å². The summed E-state index contributed by atoms with van der Waals surface area (Å²) in [6.07, 6.45) is 3.39. The van der Waals surface area contributed by atoms with Crippen LogP contribution in [-0.4, -0.2) is 11.7 Å². The van der Waals surface area contributed by atoms with Crippen LogP contribution in [-0.2, 0) is 11.2 Å². The average Bonchev–Trinajstić information content (AvgIpc) is 3.49. The van der Waals surface area contributed by atoms with Gasteiger partial charge >= 0.3 is 6.09 Å². The van der Waals surface area contributed by atoms with Gasteiger partial charge in [-0.3, -0.25) is 5.32 Å². The van der Waals surface area contributed by atoms with Gasteiger partial charge in [0, 0.05) is 16.5 Å². The fraction of sp³-hybridized carbons (Fsp3) is 0.350. The molecule has 0 aliphatic heterocycles. The molecule has 0 unspecified atom stereocenters. The van der Waals surface area contributed by atoms with Crippen molar-refractivity contribution in [1.29, 1.82) is 0 Å². The first-order valence-corrected chi connectivity index (χ1v) is 9.48. The molecule has 0 spiro atoms. The number of ether oxygens (including phenoxy) is 1. The highest BCUT2D eigenvalue weighted by Gasteiger charge is 2.57. The lowest BCUT2D eigenvalue weighted by Gasteiger charge is -2.17. The average molecular weight is 422 g/mol. The van der Waals surface area contributed by atoms with Crippen molar-refractivity contribution in [2.45, 2.75) is 37.7 Å². The molecule has 136 valence electrons. The van der Waals surface area contributed by atoms with E-state index in [0.29, 0.717) is 16.0 Å². The summed E-state index contributed by atoms with van der Waals surface area (Å²) in [6.45, 7) is 0. The second-order valence-electron chi connectivity index (χ2n) is 7.01. The Kier molecular flexibility index (Phi) is 4.47. The summed E-state index contributed by atoms with van der Waals surface area (Å²) in [7, 11) is 0. The van der Waals surface area contributed by atoms with Gasteiger partial charge in [-0.1, -0.05) is 34.1 Å². The van der Waals surface area contributed by atoms with E-state index in [4.69, 9.17) is 4.74 Å². The van der Waals surface area contributed by atoms with Crippen LogP contribution in [0.15, 0.2) is 40.9 Å². The summed E-state index contributed by atoms with van der Waals surface area (Å²) >= 11 is 3.31. The predicted octanol–water partition coefficient (Wildman–Crippen LogP) is 5.81. The van der Waals surface area contributed by atoms with Crippen LogP contribution in [0.1, 0.15) is 36.8 Å². The number of amides is 1. The van der Waals surface area contributed by atoms with Crippen molar-refractivity contribution < 1.29 is 18.3 Å². The number of benzene rings is 2. The Hall–Kier alpha value is -1.95. The number of halogens is 3. The fourth-order valence-electron chi connectivity index (χ4n) is 3.33. The number of anilines is 1. The zero-order valence-corrected chi connectivity index (χ0v) is 15.6. The minimum Gasteiger partial charge on any atom is -0.442 e. The Morgan fingerprint density at radius 2 is 1.92 bits per heavy atom. The lowest BCUT2D eigenvalue weighted by atomic mass is 10.0. The molecule has 0 atom stereocenters. The molecular weight excluding hydrogens is 404 g/mol. The Morgan fingerprint density at radius 1 is 1.19 bits per heavy atom. The number of nitrogens with one attached hydrogen (secondary N) is 1. The quantitative estimate of drug-likeness (QED) is 0.661. The van der Waals surface area contributed by atoms with E-state index in [1.807, 2.05) is 0 Å². The summed E-state index contributed by atoms with van der Waals surface area (Å²) in [4.78, 5) is 12.2. The van der Waals surface area contributed by atoms with Crippen LogP contribution >= 0.6 is 15.9 Å². The van der Waals surface area contributed by atoms with Crippen molar-refractivity contribution in [2.24, 2.45) is 5.92 Å². The van der Waals surface area contributed by atoms with Crippen molar-refractivity contribution in [3.63, 3.8) is 0 Å². The number of rotatable bonds is 5. The van der Waals surface area contributed by atoms with Crippen molar-refractivity contribution in [1.82, 2.24) is 0 Å². The molecule has 2 aliphatic rings. The third-order valence-electron chi connectivity index (χ3n) is 5.11. The monoisotopic (exact) mass is 421 g/mol. The van der Waals surface area contributed by atoms with Crippen LogP contribution in [0.2, 0.25) is 0 Å². The highest BCUT2D eigenvalue weighted by atomic mass is 79.9. The maximum atomic E-state index is 14.9. The largest absolute Gasteiger partial charge is 0.442 e. The highest BCUT2D eigenvalue weighted by Crippen LogP contribution is 2.56. The first-order chi connectivity index (χ1) is 12.5. The zero-order chi connectivity index (χ0) is 18.3. The molecule has 2 fully saturated rings. The van der Waals surface area contributed by atoms with E-state index < -0.39 is 17.7 Å². The Bertz CT molecular complexity index is 863. The molecule has 0 heterocycles. The van der Waals surface area contributed by atoms with Crippen molar-refractivity contribution in [3.8, 4) is 0 Å². The van der Waals surface area contributed by atoms with E-state index in [1.54, 1.807) is 24.3 Å². The maximum Gasteiger partial charge on any atom is 0.412 e. The summed E-state index contributed by atoms with van der Waals surface area (Å²) in [5, 5.41) is 2.51.